The molecule has 0 spiro atoms. The zero-order chi connectivity index (χ0) is 25.1. The maximum Gasteiger partial charge on any atom is 0.433 e. The van der Waals surface area contributed by atoms with Crippen LogP contribution in [0, 0.1) is 10.1 Å². The number of anilines is 2. The quantitative estimate of drug-likeness (QED) is 0.208. The topological polar surface area (TPSA) is 138 Å². The molecule has 3 aromatic heterocycles. The van der Waals surface area contributed by atoms with Crippen LogP contribution in [0.4, 0.5) is 17.3 Å². The minimum absolute atomic E-state index is 0.191. The first kappa shape index (κ1) is 23.6. The summed E-state index contributed by atoms with van der Waals surface area (Å²) in [4.78, 5) is 30.3. The van der Waals surface area contributed by atoms with Gasteiger partial charge in [0.15, 0.2) is 17.3 Å². The lowest BCUT2D eigenvalue weighted by atomic mass is 10.2. The van der Waals surface area contributed by atoms with Crippen molar-refractivity contribution in [1.29, 1.82) is 0 Å². The van der Waals surface area contributed by atoms with Gasteiger partial charge in [0.2, 0.25) is 0 Å². The number of nitrogens with zero attached hydrogens (tertiary/aromatic N) is 4. The summed E-state index contributed by atoms with van der Waals surface area (Å²) in [6.45, 7) is 3.53. The van der Waals surface area contributed by atoms with Crippen LogP contribution in [0.5, 0.6) is 0 Å². The summed E-state index contributed by atoms with van der Waals surface area (Å²) in [5.74, 6) is 0.189. The lowest BCUT2D eigenvalue weighted by Gasteiger charge is -2.30. The van der Waals surface area contributed by atoms with Gasteiger partial charge in [0, 0.05) is 33.4 Å². The van der Waals surface area contributed by atoms with Gasteiger partial charge in [-0.25, -0.2) is 4.98 Å². The van der Waals surface area contributed by atoms with Gasteiger partial charge in [-0.15, -0.1) is 0 Å². The fourth-order valence-corrected chi connectivity index (χ4v) is 4.25. The second kappa shape index (κ2) is 10.2. The molecule has 1 aromatic carbocycles. The summed E-state index contributed by atoms with van der Waals surface area (Å²) < 4.78 is 23.4. The van der Waals surface area contributed by atoms with Crippen molar-refractivity contribution in [1.82, 2.24) is 9.55 Å². The monoisotopic (exact) mass is 495 g/mol. The molecule has 12 heteroatoms. The minimum atomic E-state index is -0.583. The molecule has 4 aromatic rings. The van der Waals surface area contributed by atoms with Crippen molar-refractivity contribution in [3.8, 4) is 11.6 Å². The smallest absolute Gasteiger partial charge is 0.433 e. The van der Waals surface area contributed by atoms with Crippen LogP contribution in [0.1, 0.15) is 17.0 Å². The van der Waals surface area contributed by atoms with Crippen molar-refractivity contribution < 1.29 is 28.0 Å². The molecule has 0 aliphatic carbocycles. The lowest BCUT2D eigenvalue weighted by molar-refractivity contribution is -0.401. The molecule has 1 amide bonds. The number of furan rings is 2. The van der Waals surface area contributed by atoms with Crippen LogP contribution < -0.4 is 10.2 Å². The summed E-state index contributed by atoms with van der Waals surface area (Å²) in [5, 5.41) is 14.1. The second-order valence-electron chi connectivity index (χ2n) is 8.22. The number of rotatable bonds is 9. The molecular formula is C24H25N5O7. The Morgan fingerprint density at radius 2 is 2.08 bits per heavy atom. The van der Waals surface area contributed by atoms with Gasteiger partial charge < -0.3 is 33.1 Å². The first-order valence-corrected chi connectivity index (χ1v) is 11.5. The third kappa shape index (κ3) is 4.68. The predicted octanol–water partition coefficient (Wildman–Crippen LogP) is 3.92. The van der Waals surface area contributed by atoms with Gasteiger partial charge in [0.1, 0.15) is 4.92 Å². The van der Waals surface area contributed by atoms with E-state index in [1.165, 1.54) is 18.4 Å². The molecule has 0 bridgehead atoms. The molecular weight excluding hydrogens is 470 g/mol. The third-order valence-corrected chi connectivity index (χ3v) is 5.93. The number of ether oxygens (including phenoxy) is 2. The molecule has 1 N–H and O–H groups in total. The molecule has 4 heterocycles. The van der Waals surface area contributed by atoms with Gasteiger partial charge in [0.05, 0.1) is 48.0 Å². The Morgan fingerprint density at radius 3 is 2.78 bits per heavy atom. The number of imidazole rings is 1. The van der Waals surface area contributed by atoms with E-state index in [0.717, 1.165) is 11.2 Å². The van der Waals surface area contributed by atoms with Crippen LogP contribution in [0.3, 0.4) is 0 Å². The fourth-order valence-electron chi connectivity index (χ4n) is 4.25. The molecule has 1 aliphatic rings. The first-order chi connectivity index (χ1) is 17.5. The molecule has 1 aliphatic heterocycles. The number of aryl methyl sites for hydroxylation is 1. The van der Waals surface area contributed by atoms with E-state index in [-0.39, 0.29) is 23.3 Å². The van der Waals surface area contributed by atoms with Gasteiger partial charge in [-0.1, -0.05) is 0 Å². The number of aromatic nitrogens is 2. The van der Waals surface area contributed by atoms with Crippen LogP contribution in [-0.2, 0) is 16.0 Å². The van der Waals surface area contributed by atoms with Crippen molar-refractivity contribution >= 4 is 34.2 Å². The van der Waals surface area contributed by atoms with Gasteiger partial charge in [-0.3, -0.25) is 14.9 Å². The highest BCUT2D eigenvalue weighted by atomic mass is 16.6. The number of hydrogen-bond acceptors (Lipinski definition) is 9. The zero-order valence-electron chi connectivity index (χ0n) is 19.6. The maximum absolute atomic E-state index is 12.8. The normalized spacial score (nSPS) is 13.9. The van der Waals surface area contributed by atoms with E-state index in [2.05, 4.69) is 10.2 Å². The van der Waals surface area contributed by atoms with Gasteiger partial charge in [-0.2, -0.15) is 0 Å². The number of nitrogens with one attached hydrogen (secondary N) is 1. The average Bonchev–Trinajstić information content (AvgIpc) is 3.64. The zero-order valence-corrected chi connectivity index (χ0v) is 19.6. The van der Waals surface area contributed by atoms with Crippen LogP contribution in [0.2, 0.25) is 0 Å². The number of methoxy groups -OCH3 is 1. The SMILES string of the molecule is COCCCn1c(-c2ccc([N+](=O)[O-])o2)nc2cc(NC(=O)c3ccco3)c(N3CCOCC3)cc21. The highest BCUT2D eigenvalue weighted by Gasteiger charge is 2.24. The van der Waals surface area contributed by atoms with Crippen LogP contribution in [-0.4, -0.2) is 60.4 Å². The van der Waals surface area contributed by atoms with Crippen LogP contribution in [0.25, 0.3) is 22.6 Å². The molecule has 36 heavy (non-hydrogen) atoms. The van der Waals surface area contributed by atoms with Crippen molar-refractivity contribution in [3.63, 3.8) is 0 Å². The standard InChI is InChI=1S/C24H25N5O7/c1-33-10-3-7-28-19-15-18(27-8-12-34-13-9-27)16(26-24(30)21-4-2-11-35-21)14-17(19)25-23(28)20-5-6-22(36-20)29(31)32/h2,4-6,11,14-15H,3,7-10,12-13H2,1H3,(H,26,30). The largest absolute Gasteiger partial charge is 0.459 e. The van der Waals surface area contributed by atoms with E-state index in [1.54, 1.807) is 25.3 Å². The van der Waals surface area contributed by atoms with Gasteiger partial charge in [-0.05, 0) is 36.8 Å². The van der Waals surface area contributed by atoms with Gasteiger partial charge >= 0.3 is 5.88 Å². The lowest BCUT2D eigenvalue weighted by Crippen LogP contribution is -2.36. The predicted molar refractivity (Wildman–Crippen MR) is 130 cm³/mol. The molecule has 0 atom stereocenters. The Balaban J connectivity index is 1.62. The summed E-state index contributed by atoms with van der Waals surface area (Å²) in [6.07, 6.45) is 2.14. The Morgan fingerprint density at radius 1 is 1.25 bits per heavy atom. The van der Waals surface area contributed by atoms with Crippen molar-refractivity contribution in [2.45, 2.75) is 13.0 Å². The van der Waals surface area contributed by atoms with Crippen molar-refractivity contribution in [2.24, 2.45) is 0 Å². The fraction of sp³-hybridized carbons (Fsp3) is 0.333. The Hall–Kier alpha value is -4.16. The number of morpholine rings is 1. The molecule has 0 radical (unpaired) electrons. The molecule has 0 saturated carbocycles. The highest BCUT2D eigenvalue weighted by Crippen LogP contribution is 2.36. The molecule has 0 unspecified atom stereocenters. The Bertz CT molecular complexity index is 1370. The molecule has 12 nitrogen and oxygen atoms in total. The highest BCUT2D eigenvalue weighted by molar-refractivity contribution is 6.06. The van der Waals surface area contributed by atoms with E-state index >= 15 is 0 Å². The minimum Gasteiger partial charge on any atom is -0.459 e. The van der Waals surface area contributed by atoms with Crippen molar-refractivity contribution in [2.75, 3.05) is 50.2 Å². The Labute approximate surface area is 205 Å². The number of amides is 1. The average molecular weight is 495 g/mol. The number of fused-ring (bicyclic) bond motifs is 1. The summed E-state index contributed by atoms with van der Waals surface area (Å²) in [6, 6.07) is 9.86. The van der Waals surface area contributed by atoms with E-state index < -0.39 is 4.92 Å². The number of benzene rings is 1. The number of carbonyl (C=O) groups excluding carboxylic acids is 1. The number of nitro groups is 1. The number of hydrogen-bond donors (Lipinski definition) is 1. The number of carbonyl (C=O) groups is 1. The van der Waals surface area contributed by atoms with E-state index in [4.69, 9.17) is 23.3 Å². The van der Waals surface area contributed by atoms with E-state index in [9.17, 15) is 14.9 Å². The van der Waals surface area contributed by atoms with Crippen LogP contribution in [0.15, 0.2) is 51.5 Å². The van der Waals surface area contributed by atoms with E-state index in [1.807, 2.05) is 10.6 Å². The van der Waals surface area contributed by atoms with Gasteiger partial charge in [0.25, 0.3) is 5.91 Å². The summed E-state index contributed by atoms with van der Waals surface area (Å²) in [7, 11) is 1.63. The summed E-state index contributed by atoms with van der Waals surface area (Å²) >= 11 is 0. The van der Waals surface area contributed by atoms with Crippen LogP contribution >= 0.6 is 0 Å². The van der Waals surface area contributed by atoms with E-state index in [0.29, 0.717) is 62.9 Å². The summed E-state index contributed by atoms with van der Waals surface area (Å²) in [5.41, 5.74) is 2.80. The first-order valence-electron chi connectivity index (χ1n) is 11.5. The molecule has 1 fully saturated rings. The molecule has 1 saturated heterocycles. The van der Waals surface area contributed by atoms with Crippen molar-refractivity contribution in [3.05, 3.63) is 58.5 Å². The second-order valence-corrected chi connectivity index (χ2v) is 8.22. The Kier molecular flexibility index (Phi) is 6.69. The maximum atomic E-state index is 12.8. The molecule has 188 valence electrons. The molecule has 5 rings (SSSR count). The third-order valence-electron chi connectivity index (χ3n) is 5.93.